The normalized spacial score (nSPS) is 16.7. The molecule has 0 amide bonds. The number of halogens is 3. The third-order valence-electron chi connectivity index (χ3n) is 4.69. The average molecular weight is 397 g/mol. The molecular weight excluding hydrogens is 379 g/mol. The van der Waals surface area contributed by atoms with E-state index in [0.717, 1.165) is 12.1 Å². The van der Waals surface area contributed by atoms with Crippen molar-refractivity contribution >= 4 is 11.5 Å². The third kappa shape index (κ3) is 4.33. The van der Waals surface area contributed by atoms with Crippen LogP contribution < -0.4 is 9.64 Å². The first-order valence-corrected chi connectivity index (χ1v) is 8.53. The summed E-state index contributed by atoms with van der Waals surface area (Å²) in [5.41, 5.74) is -0.560. The lowest BCUT2D eigenvalue weighted by Crippen LogP contribution is -2.43. The second kappa shape index (κ2) is 7.27. The average Bonchev–Trinajstić information content (AvgIpc) is 2.61. The summed E-state index contributed by atoms with van der Waals surface area (Å²) in [5, 5.41) is 22.2. The van der Waals surface area contributed by atoms with E-state index in [1.165, 1.54) is 18.2 Å². The van der Waals surface area contributed by atoms with Gasteiger partial charge in [0.25, 0.3) is 0 Å². The van der Waals surface area contributed by atoms with Crippen LogP contribution in [0.25, 0.3) is 0 Å². The zero-order valence-electron chi connectivity index (χ0n) is 14.9. The van der Waals surface area contributed by atoms with E-state index >= 15 is 0 Å². The van der Waals surface area contributed by atoms with Crippen molar-refractivity contribution in [2.75, 3.05) is 18.0 Å². The van der Waals surface area contributed by atoms with Gasteiger partial charge >= 0.3 is 12.0 Å². The van der Waals surface area contributed by atoms with E-state index in [2.05, 4.69) is 9.72 Å². The number of alkyl halides is 3. The number of anilines is 1. The molecule has 150 valence electrons. The van der Waals surface area contributed by atoms with Gasteiger partial charge in [0.2, 0.25) is 5.82 Å². The fourth-order valence-electron chi connectivity index (χ4n) is 3.27. The minimum atomic E-state index is -4.82. The van der Waals surface area contributed by atoms with Crippen molar-refractivity contribution in [3.63, 3.8) is 0 Å². The highest BCUT2D eigenvalue weighted by molar-refractivity contribution is 5.58. The van der Waals surface area contributed by atoms with Crippen LogP contribution in [0.2, 0.25) is 0 Å². The van der Waals surface area contributed by atoms with E-state index in [1.807, 2.05) is 0 Å². The largest absolute Gasteiger partial charge is 0.573 e. The maximum atomic E-state index is 12.4. The molecule has 1 aliphatic rings. The molecule has 1 fully saturated rings. The lowest BCUT2D eigenvalue weighted by Gasteiger charge is -2.39. The van der Waals surface area contributed by atoms with E-state index < -0.39 is 22.6 Å². The Morgan fingerprint density at radius 1 is 1.25 bits per heavy atom. The predicted molar refractivity (Wildman–Crippen MR) is 94.1 cm³/mol. The Balaban J connectivity index is 1.79. The van der Waals surface area contributed by atoms with Crippen molar-refractivity contribution in [3.05, 3.63) is 57.8 Å². The molecule has 2 heterocycles. The van der Waals surface area contributed by atoms with Crippen LogP contribution in [0.5, 0.6) is 5.75 Å². The van der Waals surface area contributed by atoms with Gasteiger partial charge in [-0.3, -0.25) is 10.1 Å². The summed E-state index contributed by atoms with van der Waals surface area (Å²) in [6.45, 7) is 2.25. The Morgan fingerprint density at radius 2 is 1.93 bits per heavy atom. The number of piperidine rings is 1. The number of aromatic nitrogens is 1. The van der Waals surface area contributed by atoms with Crippen LogP contribution in [-0.4, -0.2) is 34.5 Å². The number of hydrogen-bond acceptors (Lipinski definition) is 6. The fraction of sp³-hybridized carbons (Fsp3) is 0.389. The van der Waals surface area contributed by atoms with Crippen molar-refractivity contribution in [1.29, 1.82) is 0 Å². The Morgan fingerprint density at radius 3 is 2.54 bits per heavy atom. The topological polar surface area (TPSA) is 88.7 Å². The van der Waals surface area contributed by atoms with Crippen molar-refractivity contribution in [2.45, 2.75) is 31.7 Å². The predicted octanol–water partition coefficient (Wildman–Crippen LogP) is 3.68. The van der Waals surface area contributed by atoms with Gasteiger partial charge in [-0.15, -0.1) is 13.2 Å². The highest BCUT2D eigenvalue weighted by atomic mass is 19.4. The summed E-state index contributed by atoms with van der Waals surface area (Å²) in [4.78, 5) is 16.7. The second-order valence-corrected chi connectivity index (χ2v) is 6.65. The maximum Gasteiger partial charge on any atom is 0.573 e. The SMILES string of the molecule is Cc1ccc([N+](=O)[O-])c(N2CCC(O)(c3cccc(OC(F)(F)F)c3)CC2)n1. The first-order valence-electron chi connectivity index (χ1n) is 8.53. The number of nitro groups is 1. The van der Waals surface area contributed by atoms with Gasteiger partial charge in [-0.05, 0) is 43.5 Å². The number of ether oxygens (including phenoxy) is 1. The van der Waals surface area contributed by atoms with E-state index in [-0.39, 0.29) is 37.4 Å². The number of benzene rings is 1. The van der Waals surface area contributed by atoms with E-state index in [9.17, 15) is 28.4 Å². The quantitative estimate of drug-likeness (QED) is 0.625. The smallest absolute Gasteiger partial charge is 0.406 e. The molecule has 1 aromatic heterocycles. The van der Waals surface area contributed by atoms with Crippen molar-refractivity contribution in [2.24, 2.45) is 0 Å². The third-order valence-corrected chi connectivity index (χ3v) is 4.69. The minimum Gasteiger partial charge on any atom is -0.406 e. The van der Waals surface area contributed by atoms with Crippen LogP contribution in [-0.2, 0) is 5.60 Å². The summed E-state index contributed by atoms with van der Waals surface area (Å²) < 4.78 is 41.2. The lowest BCUT2D eigenvalue weighted by atomic mass is 9.84. The molecule has 0 unspecified atom stereocenters. The number of rotatable bonds is 4. The lowest BCUT2D eigenvalue weighted by molar-refractivity contribution is -0.384. The number of hydrogen-bond donors (Lipinski definition) is 1. The molecule has 0 spiro atoms. The van der Waals surface area contributed by atoms with Crippen molar-refractivity contribution in [1.82, 2.24) is 4.98 Å². The molecular formula is C18H18F3N3O4. The van der Waals surface area contributed by atoms with Gasteiger partial charge in [-0.25, -0.2) is 4.98 Å². The van der Waals surface area contributed by atoms with Crippen LogP contribution >= 0.6 is 0 Å². The van der Waals surface area contributed by atoms with E-state index in [4.69, 9.17) is 0 Å². The second-order valence-electron chi connectivity index (χ2n) is 6.65. The van der Waals surface area contributed by atoms with Gasteiger partial charge in [0, 0.05) is 24.8 Å². The molecule has 2 aromatic rings. The molecule has 0 bridgehead atoms. The molecule has 1 saturated heterocycles. The number of aryl methyl sites for hydroxylation is 1. The molecule has 10 heteroatoms. The Hall–Kier alpha value is -2.88. The Labute approximate surface area is 158 Å². The first kappa shape index (κ1) is 19.9. The van der Waals surface area contributed by atoms with E-state index in [0.29, 0.717) is 11.3 Å². The van der Waals surface area contributed by atoms with E-state index in [1.54, 1.807) is 17.9 Å². The fourth-order valence-corrected chi connectivity index (χ4v) is 3.27. The molecule has 3 rings (SSSR count). The maximum absolute atomic E-state index is 12.4. The monoisotopic (exact) mass is 397 g/mol. The summed E-state index contributed by atoms with van der Waals surface area (Å²) in [7, 11) is 0. The van der Waals surface area contributed by atoms with Crippen LogP contribution in [0, 0.1) is 17.0 Å². The van der Waals surface area contributed by atoms with Crippen LogP contribution in [0.3, 0.4) is 0 Å². The highest BCUT2D eigenvalue weighted by Gasteiger charge is 2.37. The van der Waals surface area contributed by atoms with Gasteiger partial charge in [0.15, 0.2) is 0 Å². The van der Waals surface area contributed by atoms with Gasteiger partial charge in [-0.1, -0.05) is 12.1 Å². The van der Waals surface area contributed by atoms with Gasteiger partial charge < -0.3 is 14.7 Å². The zero-order chi connectivity index (χ0) is 20.5. The molecule has 0 atom stereocenters. The Kier molecular flexibility index (Phi) is 5.16. The van der Waals surface area contributed by atoms with Crippen molar-refractivity contribution < 1.29 is 27.9 Å². The van der Waals surface area contributed by atoms with Gasteiger partial charge in [0.05, 0.1) is 10.5 Å². The number of pyridine rings is 1. The molecule has 0 aliphatic carbocycles. The van der Waals surface area contributed by atoms with Crippen molar-refractivity contribution in [3.8, 4) is 5.75 Å². The first-order chi connectivity index (χ1) is 13.1. The van der Waals surface area contributed by atoms with Crippen LogP contribution in [0.4, 0.5) is 24.7 Å². The van der Waals surface area contributed by atoms with Crippen LogP contribution in [0.1, 0.15) is 24.1 Å². The molecule has 1 N–H and O–H groups in total. The summed E-state index contributed by atoms with van der Waals surface area (Å²) in [6.07, 6.45) is -4.47. The summed E-state index contributed by atoms with van der Waals surface area (Å²) >= 11 is 0. The molecule has 7 nitrogen and oxygen atoms in total. The molecule has 0 saturated carbocycles. The number of aliphatic hydroxyl groups is 1. The number of nitrogens with zero attached hydrogens (tertiary/aromatic N) is 3. The van der Waals surface area contributed by atoms with Gasteiger partial charge in [0.1, 0.15) is 5.75 Å². The standard InChI is InChI=1S/C18H18F3N3O4/c1-12-5-6-15(24(26)27)16(22-12)23-9-7-17(25,8-10-23)13-3-2-4-14(11-13)28-18(19,20)21/h2-6,11,25H,7-10H2,1H3. The highest BCUT2D eigenvalue weighted by Crippen LogP contribution is 2.38. The molecule has 28 heavy (non-hydrogen) atoms. The molecule has 1 aromatic carbocycles. The zero-order valence-corrected chi connectivity index (χ0v) is 14.9. The summed E-state index contributed by atoms with van der Waals surface area (Å²) in [5.74, 6) is -0.182. The molecule has 0 radical (unpaired) electrons. The minimum absolute atomic E-state index is 0.128. The molecule has 1 aliphatic heterocycles. The Bertz CT molecular complexity index is 881. The summed E-state index contributed by atoms with van der Waals surface area (Å²) in [6, 6.07) is 8.18. The van der Waals surface area contributed by atoms with Crippen LogP contribution in [0.15, 0.2) is 36.4 Å². The van der Waals surface area contributed by atoms with Gasteiger partial charge in [-0.2, -0.15) is 0 Å².